The fourth-order valence-corrected chi connectivity index (χ4v) is 4.33. The maximum atomic E-state index is 12.5. The van der Waals surface area contributed by atoms with Gasteiger partial charge in [-0.1, -0.05) is 12.1 Å². The number of likely N-dealkylation sites (tertiary alicyclic amines) is 1. The zero-order chi connectivity index (χ0) is 21.5. The van der Waals surface area contributed by atoms with Crippen LogP contribution in [0.3, 0.4) is 0 Å². The summed E-state index contributed by atoms with van der Waals surface area (Å²) < 4.78 is 16.8. The van der Waals surface area contributed by atoms with E-state index in [1.165, 1.54) is 12.8 Å². The van der Waals surface area contributed by atoms with Gasteiger partial charge in [-0.3, -0.25) is 4.90 Å². The van der Waals surface area contributed by atoms with E-state index in [0.717, 1.165) is 32.7 Å². The van der Waals surface area contributed by atoms with Gasteiger partial charge in [0.1, 0.15) is 5.75 Å². The van der Waals surface area contributed by atoms with Crippen molar-refractivity contribution in [3.05, 3.63) is 48.5 Å². The molecular formula is C24H31N3O4. The lowest BCUT2D eigenvalue weighted by Crippen LogP contribution is -2.48. The summed E-state index contributed by atoms with van der Waals surface area (Å²) in [5.41, 5.74) is 0.715. The second-order valence-electron chi connectivity index (χ2n) is 8.05. The molecule has 7 heteroatoms. The summed E-state index contributed by atoms with van der Waals surface area (Å²) in [5, 5.41) is 5.97. The smallest absolute Gasteiger partial charge is 0.319 e. The van der Waals surface area contributed by atoms with E-state index in [1.807, 2.05) is 48.5 Å². The largest absolute Gasteiger partial charge is 0.493 e. The highest BCUT2D eigenvalue weighted by Crippen LogP contribution is 2.31. The van der Waals surface area contributed by atoms with Gasteiger partial charge in [-0.2, -0.15) is 0 Å². The predicted octanol–water partition coefficient (Wildman–Crippen LogP) is 4.11. The highest BCUT2D eigenvalue weighted by atomic mass is 16.5. The molecule has 2 saturated heterocycles. The van der Waals surface area contributed by atoms with Crippen LogP contribution in [0.1, 0.15) is 19.3 Å². The van der Waals surface area contributed by atoms with Crippen molar-refractivity contribution in [1.29, 1.82) is 0 Å². The molecule has 31 heavy (non-hydrogen) atoms. The zero-order valence-electron chi connectivity index (χ0n) is 18.0. The summed E-state index contributed by atoms with van der Waals surface area (Å²) in [5.74, 6) is 2.48. The van der Waals surface area contributed by atoms with Gasteiger partial charge in [0.15, 0.2) is 11.5 Å². The number of carbonyl (C=O) groups is 1. The molecule has 0 aromatic heterocycles. The number of para-hydroxylation sites is 2. The van der Waals surface area contributed by atoms with Gasteiger partial charge in [0.05, 0.1) is 13.7 Å². The molecule has 2 aliphatic heterocycles. The van der Waals surface area contributed by atoms with E-state index >= 15 is 0 Å². The third kappa shape index (κ3) is 5.68. The Hall–Kier alpha value is -2.77. The summed E-state index contributed by atoms with van der Waals surface area (Å²) >= 11 is 0. The second kappa shape index (κ2) is 10.5. The lowest BCUT2D eigenvalue weighted by atomic mass is 9.97. The zero-order valence-corrected chi connectivity index (χ0v) is 18.0. The van der Waals surface area contributed by atoms with Crippen molar-refractivity contribution >= 4 is 11.7 Å². The molecule has 0 aliphatic carbocycles. The predicted molar refractivity (Wildman–Crippen MR) is 120 cm³/mol. The van der Waals surface area contributed by atoms with E-state index in [2.05, 4.69) is 15.5 Å². The number of hydrogen-bond acceptors (Lipinski definition) is 5. The number of ether oxygens (including phenoxy) is 3. The molecule has 4 rings (SSSR count). The molecule has 7 nitrogen and oxygen atoms in total. The molecule has 2 amide bonds. The summed E-state index contributed by atoms with van der Waals surface area (Å²) in [6.45, 7) is 4.47. The molecule has 2 aromatic rings. The Morgan fingerprint density at radius 3 is 2.55 bits per heavy atom. The Morgan fingerprint density at radius 1 is 1.13 bits per heavy atom. The van der Waals surface area contributed by atoms with Gasteiger partial charge in [-0.25, -0.2) is 4.79 Å². The topological polar surface area (TPSA) is 72.1 Å². The first kappa shape index (κ1) is 21.5. The maximum absolute atomic E-state index is 12.5. The molecule has 166 valence electrons. The van der Waals surface area contributed by atoms with E-state index in [9.17, 15) is 4.79 Å². The Bertz CT molecular complexity index is 830. The van der Waals surface area contributed by atoms with Gasteiger partial charge < -0.3 is 24.8 Å². The van der Waals surface area contributed by atoms with Crippen LogP contribution < -0.4 is 20.1 Å². The molecule has 2 atom stereocenters. The van der Waals surface area contributed by atoms with Crippen molar-refractivity contribution < 1.29 is 19.0 Å². The molecule has 0 bridgehead atoms. The third-order valence-electron chi connectivity index (χ3n) is 6.00. The number of urea groups is 1. The van der Waals surface area contributed by atoms with E-state index in [-0.39, 0.29) is 6.03 Å². The lowest BCUT2D eigenvalue weighted by molar-refractivity contribution is 0.135. The first-order chi connectivity index (χ1) is 15.2. The molecule has 2 aromatic carbocycles. The molecule has 0 saturated carbocycles. The highest BCUT2D eigenvalue weighted by molar-refractivity contribution is 5.89. The molecule has 0 radical (unpaired) electrons. The van der Waals surface area contributed by atoms with Crippen LogP contribution in [0, 0.1) is 5.92 Å². The Morgan fingerprint density at radius 2 is 1.87 bits per heavy atom. The van der Waals surface area contributed by atoms with Crippen molar-refractivity contribution in [2.24, 2.45) is 5.92 Å². The minimum atomic E-state index is -0.193. The minimum absolute atomic E-state index is 0.193. The highest BCUT2D eigenvalue weighted by Gasteiger charge is 2.32. The number of carbonyl (C=O) groups excluding carboxylic acids is 1. The quantitative estimate of drug-likeness (QED) is 0.666. The number of nitrogens with zero attached hydrogens (tertiary/aromatic N) is 1. The summed E-state index contributed by atoms with van der Waals surface area (Å²) in [6, 6.07) is 14.9. The van der Waals surface area contributed by atoms with Crippen LogP contribution >= 0.6 is 0 Å². The van der Waals surface area contributed by atoms with Gasteiger partial charge in [-0.05, 0) is 68.8 Å². The Kier molecular flexibility index (Phi) is 7.27. The van der Waals surface area contributed by atoms with E-state index in [1.54, 1.807) is 7.11 Å². The monoisotopic (exact) mass is 425 g/mol. The van der Waals surface area contributed by atoms with Crippen LogP contribution in [0.4, 0.5) is 10.5 Å². The van der Waals surface area contributed by atoms with E-state index in [4.69, 9.17) is 14.2 Å². The van der Waals surface area contributed by atoms with Crippen molar-refractivity contribution in [3.63, 3.8) is 0 Å². The number of hydrogen-bond donors (Lipinski definition) is 2. The molecule has 2 aliphatic rings. The van der Waals surface area contributed by atoms with E-state index in [0.29, 0.717) is 41.4 Å². The fourth-order valence-electron chi connectivity index (χ4n) is 4.33. The van der Waals surface area contributed by atoms with Crippen molar-refractivity contribution in [3.8, 4) is 17.2 Å². The van der Waals surface area contributed by atoms with Gasteiger partial charge in [0.25, 0.3) is 0 Å². The average Bonchev–Trinajstić information content (AvgIpc) is 3.51. The summed E-state index contributed by atoms with van der Waals surface area (Å²) in [4.78, 5) is 15.0. The number of nitrogens with one attached hydrogen (secondary N) is 2. The minimum Gasteiger partial charge on any atom is -0.493 e. The van der Waals surface area contributed by atoms with Crippen LogP contribution in [-0.2, 0) is 4.74 Å². The number of rotatable bonds is 8. The van der Waals surface area contributed by atoms with Crippen LogP contribution in [0.25, 0.3) is 0 Å². The van der Waals surface area contributed by atoms with Crippen LogP contribution in [-0.4, -0.2) is 56.9 Å². The summed E-state index contributed by atoms with van der Waals surface area (Å²) in [6.07, 6.45) is 3.54. The van der Waals surface area contributed by atoms with Crippen LogP contribution in [0.2, 0.25) is 0 Å². The molecule has 2 heterocycles. The SMILES string of the molecule is COc1ccccc1Oc1ccc(NC(=O)NCC(C2CCOC2)N2CCCC2)cc1. The van der Waals surface area contributed by atoms with Crippen molar-refractivity contribution in [2.45, 2.75) is 25.3 Å². The Labute approximate surface area is 183 Å². The summed E-state index contributed by atoms with van der Waals surface area (Å²) in [7, 11) is 1.61. The van der Waals surface area contributed by atoms with E-state index < -0.39 is 0 Å². The standard InChI is InChI=1S/C24H31N3O4/c1-29-22-6-2-3-7-23(22)31-20-10-8-19(9-11-20)26-24(28)25-16-21(18-12-15-30-17-18)27-13-4-5-14-27/h2-3,6-11,18,21H,4-5,12-17H2,1H3,(H2,25,26,28). The normalized spacial score (nSPS) is 19.7. The first-order valence-electron chi connectivity index (χ1n) is 11.0. The average molecular weight is 426 g/mol. The molecular weight excluding hydrogens is 394 g/mol. The number of methoxy groups -OCH3 is 1. The second-order valence-corrected chi connectivity index (χ2v) is 8.05. The van der Waals surface area contributed by atoms with Crippen LogP contribution in [0.5, 0.6) is 17.2 Å². The Balaban J connectivity index is 1.29. The van der Waals surface area contributed by atoms with Crippen molar-refractivity contribution in [1.82, 2.24) is 10.2 Å². The van der Waals surface area contributed by atoms with Gasteiger partial charge >= 0.3 is 6.03 Å². The maximum Gasteiger partial charge on any atom is 0.319 e. The molecule has 0 spiro atoms. The number of anilines is 1. The fraction of sp³-hybridized carbons (Fsp3) is 0.458. The van der Waals surface area contributed by atoms with Crippen LogP contribution in [0.15, 0.2) is 48.5 Å². The lowest BCUT2D eigenvalue weighted by Gasteiger charge is -2.31. The number of amides is 2. The van der Waals surface area contributed by atoms with Crippen molar-refractivity contribution in [2.75, 3.05) is 45.3 Å². The molecule has 2 unspecified atom stereocenters. The third-order valence-corrected chi connectivity index (χ3v) is 6.00. The van der Waals surface area contributed by atoms with Gasteiger partial charge in [0, 0.05) is 30.8 Å². The molecule has 2 N–H and O–H groups in total. The number of benzene rings is 2. The first-order valence-corrected chi connectivity index (χ1v) is 11.0. The molecule has 2 fully saturated rings. The van der Waals surface area contributed by atoms with Gasteiger partial charge in [-0.15, -0.1) is 0 Å². The van der Waals surface area contributed by atoms with Gasteiger partial charge in [0.2, 0.25) is 0 Å².